The first-order chi connectivity index (χ1) is 19.1. The Bertz CT molecular complexity index is 1460. The van der Waals surface area contributed by atoms with Crippen LogP contribution in [0.2, 0.25) is 0 Å². The van der Waals surface area contributed by atoms with E-state index in [2.05, 4.69) is 10.6 Å². The van der Waals surface area contributed by atoms with Gasteiger partial charge in [0.2, 0.25) is 15.9 Å². The summed E-state index contributed by atoms with van der Waals surface area (Å²) in [5.41, 5.74) is 1.44. The zero-order valence-electron chi connectivity index (χ0n) is 23.0. The van der Waals surface area contributed by atoms with E-state index in [1.165, 1.54) is 39.5 Å². The van der Waals surface area contributed by atoms with E-state index in [1.54, 1.807) is 44.6 Å². The lowest BCUT2D eigenvalue weighted by Gasteiger charge is -2.18. The maximum atomic E-state index is 13.0. The van der Waals surface area contributed by atoms with Gasteiger partial charge in [-0.05, 0) is 48.4 Å². The molecule has 0 aliphatic rings. The monoisotopic (exact) mass is 571 g/mol. The normalized spacial score (nSPS) is 11.1. The molecule has 0 heterocycles. The number of amides is 2. The maximum Gasteiger partial charge on any atom is 0.253 e. The first-order valence-corrected chi connectivity index (χ1v) is 13.6. The number of para-hydroxylation sites is 1. The van der Waals surface area contributed by atoms with E-state index in [0.717, 1.165) is 9.87 Å². The van der Waals surface area contributed by atoms with Gasteiger partial charge >= 0.3 is 0 Å². The lowest BCUT2D eigenvalue weighted by atomic mass is 10.1. The van der Waals surface area contributed by atoms with E-state index >= 15 is 0 Å². The summed E-state index contributed by atoms with van der Waals surface area (Å²) in [5.74, 6) is 0.826. The fourth-order valence-electron chi connectivity index (χ4n) is 3.88. The molecule has 2 N–H and O–H groups in total. The molecule has 11 nitrogen and oxygen atoms in total. The summed E-state index contributed by atoms with van der Waals surface area (Å²) in [7, 11) is 3.23. The van der Waals surface area contributed by atoms with Crippen LogP contribution in [-0.4, -0.2) is 73.1 Å². The van der Waals surface area contributed by atoms with Crippen LogP contribution in [0.15, 0.2) is 65.6 Å². The molecule has 3 rings (SSSR count). The SMILES string of the molecule is COc1ccc(CCNC(=O)c2ccccc2NC(=O)CN(C)S(=O)(=O)c2ccc(OC)c(OC)c2)cc1OC. The van der Waals surface area contributed by atoms with Crippen LogP contribution < -0.4 is 29.6 Å². The average Bonchev–Trinajstić information content (AvgIpc) is 2.96. The zero-order chi connectivity index (χ0) is 29.3. The van der Waals surface area contributed by atoms with Crippen molar-refractivity contribution in [3.8, 4) is 23.0 Å². The van der Waals surface area contributed by atoms with Crippen molar-refractivity contribution in [2.45, 2.75) is 11.3 Å². The van der Waals surface area contributed by atoms with Crippen LogP contribution in [0.5, 0.6) is 23.0 Å². The van der Waals surface area contributed by atoms with E-state index in [-0.39, 0.29) is 27.8 Å². The van der Waals surface area contributed by atoms with Crippen LogP contribution in [0, 0.1) is 0 Å². The molecular weight excluding hydrogens is 538 g/mol. The van der Waals surface area contributed by atoms with Crippen LogP contribution in [0.3, 0.4) is 0 Å². The Hall–Kier alpha value is -4.29. The summed E-state index contributed by atoms with van der Waals surface area (Å²) in [4.78, 5) is 25.6. The topological polar surface area (TPSA) is 132 Å². The summed E-state index contributed by atoms with van der Waals surface area (Å²) in [6, 6.07) is 16.2. The summed E-state index contributed by atoms with van der Waals surface area (Å²) >= 11 is 0. The minimum absolute atomic E-state index is 0.0605. The van der Waals surface area contributed by atoms with Gasteiger partial charge in [0.25, 0.3) is 5.91 Å². The minimum Gasteiger partial charge on any atom is -0.493 e. The number of nitrogens with zero attached hydrogens (tertiary/aromatic N) is 1. The van der Waals surface area contributed by atoms with Gasteiger partial charge in [0.05, 0.1) is 51.1 Å². The van der Waals surface area contributed by atoms with Gasteiger partial charge in [-0.15, -0.1) is 0 Å². The van der Waals surface area contributed by atoms with Gasteiger partial charge in [-0.3, -0.25) is 9.59 Å². The molecule has 0 aromatic heterocycles. The number of hydrogen-bond donors (Lipinski definition) is 2. The molecular formula is C28H33N3O8S. The molecule has 3 aromatic rings. The number of hydrogen-bond acceptors (Lipinski definition) is 8. The Balaban J connectivity index is 1.63. The van der Waals surface area contributed by atoms with Crippen molar-refractivity contribution in [3.63, 3.8) is 0 Å². The fourth-order valence-corrected chi connectivity index (χ4v) is 5.02. The number of carbonyl (C=O) groups is 2. The van der Waals surface area contributed by atoms with Gasteiger partial charge in [-0.25, -0.2) is 8.42 Å². The number of likely N-dealkylation sites (N-methyl/N-ethyl adjacent to an activating group) is 1. The lowest BCUT2D eigenvalue weighted by molar-refractivity contribution is -0.116. The summed E-state index contributed by atoms with van der Waals surface area (Å²) in [5, 5.41) is 5.48. The van der Waals surface area contributed by atoms with Crippen LogP contribution in [-0.2, 0) is 21.2 Å². The third-order valence-electron chi connectivity index (χ3n) is 6.02. The van der Waals surface area contributed by atoms with E-state index < -0.39 is 22.5 Å². The highest BCUT2D eigenvalue weighted by Gasteiger charge is 2.25. The number of ether oxygens (including phenoxy) is 4. The molecule has 0 atom stereocenters. The molecule has 2 amide bonds. The van der Waals surface area contributed by atoms with E-state index in [4.69, 9.17) is 18.9 Å². The molecule has 0 spiro atoms. The molecule has 3 aromatic carbocycles. The second kappa shape index (κ2) is 13.7. The second-order valence-corrected chi connectivity index (χ2v) is 10.6. The number of nitrogens with one attached hydrogen (secondary N) is 2. The Labute approximate surface area is 234 Å². The maximum absolute atomic E-state index is 13.0. The highest BCUT2D eigenvalue weighted by Crippen LogP contribution is 2.30. The van der Waals surface area contributed by atoms with Gasteiger partial charge in [-0.2, -0.15) is 4.31 Å². The molecule has 12 heteroatoms. The number of carbonyl (C=O) groups excluding carboxylic acids is 2. The summed E-state index contributed by atoms with van der Waals surface area (Å²) in [6.07, 6.45) is 0.541. The predicted molar refractivity (Wildman–Crippen MR) is 150 cm³/mol. The molecule has 0 saturated carbocycles. The van der Waals surface area contributed by atoms with Crippen LogP contribution in [0.1, 0.15) is 15.9 Å². The van der Waals surface area contributed by atoms with Crippen LogP contribution >= 0.6 is 0 Å². The molecule has 214 valence electrons. The predicted octanol–water partition coefficient (Wildman–Crippen LogP) is 2.95. The Morgan fingerprint density at radius 3 is 2.05 bits per heavy atom. The first-order valence-electron chi connectivity index (χ1n) is 12.2. The minimum atomic E-state index is -4.02. The number of anilines is 1. The van der Waals surface area contributed by atoms with Gasteiger partial charge in [-0.1, -0.05) is 18.2 Å². The fraction of sp³-hybridized carbons (Fsp3) is 0.286. The molecule has 0 radical (unpaired) electrons. The highest BCUT2D eigenvalue weighted by atomic mass is 32.2. The number of methoxy groups -OCH3 is 4. The van der Waals surface area contributed by atoms with Crippen molar-refractivity contribution >= 4 is 27.5 Å². The van der Waals surface area contributed by atoms with Crippen molar-refractivity contribution < 1.29 is 37.0 Å². The Morgan fingerprint density at radius 1 is 0.800 bits per heavy atom. The van der Waals surface area contributed by atoms with Crippen molar-refractivity contribution in [1.82, 2.24) is 9.62 Å². The smallest absolute Gasteiger partial charge is 0.253 e. The Kier molecular flexibility index (Phi) is 10.3. The average molecular weight is 572 g/mol. The Morgan fingerprint density at radius 2 is 1.40 bits per heavy atom. The summed E-state index contributed by atoms with van der Waals surface area (Å²) in [6.45, 7) is -0.144. The van der Waals surface area contributed by atoms with E-state index in [0.29, 0.717) is 30.2 Å². The number of sulfonamides is 1. The third kappa shape index (κ3) is 7.21. The molecule has 0 saturated heterocycles. The van der Waals surface area contributed by atoms with Crippen molar-refractivity contribution in [1.29, 1.82) is 0 Å². The van der Waals surface area contributed by atoms with Gasteiger partial charge in [0.1, 0.15) is 0 Å². The second-order valence-electron chi connectivity index (χ2n) is 8.57. The third-order valence-corrected chi connectivity index (χ3v) is 7.82. The first kappa shape index (κ1) is 30.3. The van der Waals surface area contributed by atoms with Gasteiger partial charge in [0, 0.05) is 19.7 Å². The van der Waals surface area contributed by atoms with E-state index in [9.17, 15) is 18.0 Å². The standard InChI is InChI=1S/C28H33N3O8S/c1-31(40(34,35)20-11-13-24(37-3)26(17-20)39-5)18-27(32)30-22-9-7-6-8-21(22)28(33)29-15-14-19-10-12-23(36-2)25(16-19)38-4/h6-13,16-17H,14-15,18H2,1-5H3,(H,29,33)(H,30,32). The molecule has 40 heavy (non-hydrogen) atoms. The van der Waals surface area contributed by atoms with Crippen molar-refractivity contribution in [3.05, 3.63) is 71.8 Å². The molecule has 0 unspecified atom stereocenters. The number of rotatable bonds is 13. The molecule has 0 aliphatic heterocycles. The van der Waals surface area contributed by atoms with Crippen LogP contribution in [0.25, 0.3) is 0 Å². The molecule has 0 bridgehead atoms. The summed E-state index contributed by atoms with van der Waals surface area (Å²) < 4.78 is 47.9. The van der Waals surface area contributed by atoms with E-state index in [1.807, 2.05) is 12.1 Å². The lowest BCUT2D eigenvalue weighted by Crippen LogP contribution is -2.35. The van der Waals surface area contributed by atoms with Gasteiger partial charge in [0.15, 0.2) is 23.0 Å². The quantitative estimate of drug-likeness (QED) is 0.320. The molecule has 0 aliphatic carbocycles. The largest absolute Gasteiger partial charge is 0.493 e. The van der Waals surface area contributed by atoms with Crippen molar-refractivity contribution in [2.75, 3.05) is 53.9 Å². The zero-order valence-corrected chi connectivity index (χ0v) is 23.8. The molecule has 0 fully saturated rings. The number of benzene rings is 3. The highest BCUT2D eigenvalue weighted by molar-refractivity contribution is 7.89. The van der Waals surface area contributed by atoms with Gasteiger partial charge < -0.3 is 29.6 Å². The van der Waals surface area contributed by atoms with Crippen LogP contribution in [0.4, 0.5) is 5.69 Å². The van der Waals surface area contributed by atoms with Crippen molar-refractivity contribution in [2.24, 2.45) is 0 Å².